The monoisotopic (exact) mass is 456 g/mol. The number of anilines is 1. The van der Waals surface area contributed by atoms with E-state index in [9.17, 15) is 18.0 Å². The van der Waals surface area contributed by atoms with Crippen LogP contribution in [0.5, 0.6) is 0 Å². The highest BCUT2D eigenvalue weighted by atomic mass is 32.1. The fraction of sp³-hybridized carbons (Fsp3) is 0.571. The van der Waals surface area contributed by atoms with Gasteiger partial charge in [0.2, 0.25) is 0 Å². The van der Waals surface area contributed by atoms with Crippen molar-refractivity contribution in [2.75, 3.05) is 4.90 Å². The van der Waals surface area contributed by atoms with Gasteiger partial charge in [-0.05, 0) is 64.0 Å². The highest BCUT2D eigenvalue weighted by molar-refractivity contribution is 7.71. The van der Waals surface area contributed by atoms with Crippen molar-refractivity contribution in [2.24, 2.45) is 0 Å². The molecule has 0 bridgehead atoms. The summed E-state index contributed by atoms with van der Waals surface area (Å²) in [6, 6.07) is 4.78. The van der Waals surface area contributed by atoms with Crippen LogP contribution in [-0.4, -0.2) is 26.5 Å². The first kappa shape index (κ1) is 23.3. The number of benzene rings is 1. The van der Waals surface area contributed by atoms with Crippen LogP contribution in [0.1, 0.15) is 70.3 Å². The second-order valence-electron chi connectivity index (χ2n) is 8.72. The molecule has 1 saturated carbocycles. The Labute approximate surface area is 184 Å². The molecule has 31 heavy (non-hydrogen) atoms. The third-order valence-electron chi connectivity index (χ3n) is 5.12. The highest BCUT2D eigenvalue weighted by Gasteiger charge is 2.33. The van der Waals surface area contributed by atoms with Crippen LogP contribution in [0.3, 0.4) is 0 Å². The van der Waals surface area contributed by atoms with Gasteiger partial charge >= 0.3 is 12.3 Å². The van der Waals surface area contributed by atoms with Crippen LogP contribution >= 0.6 is 12.2 Å². The van der Waals surface area contributed by atoms with Crippen molar-refractivity contribution < 1.29 is 22.7 Å². The van der Waals surface area contributed by atoms with Crippen molar-refractivity contribution >= 4 is 24.0 Å². The first-order chi connectivity index (χ1) is 14.5. The Morgan fingerprint density at radius 2 is 1.94 bits per heavy atom. The Morgan fingerprint density at radius 3 is 2.55 bits per heavy atom. The molecule has 1 aliphatic rings. The molecule has 10 heteroatoms. The van der Waals surface area contributed by atoms with Crippen molar-refractivity contribution in [2.45, 2.75) is 77.2 Å². The third-order valence-corrected chi connectivity index (χ3v) is 5.40. The lowest BCUT2D eigenvalue weighted by molar-refractivity contribution is -0.137. The molecule has 1 aliphatic carbocycles. The average molecular weight is 457 g/mol. The van der Waals surface area contributed by atoms with E-state index in [4.69, 9.17) is 17.0 Å². The number of carbonyl (C=O) groups excluding carboxylic acids is 1. The number of hydrogen-bond acceptors (Lipinski definition) is 4. The van der Waals surface area contributed by atoms with E-state index in [2.05, 4.69) is 10.2 Å². The summed E-state index contributed by atoms with van der Waals surface area (Å²) >= 11 is 5.41. The summed E-state index contributed by atoms with van der Waals surface area (Å²) < 4.78 is 47.6. The fourth-order valence-corrected chi connectivity index (χ4v) is 4.03. The molecule has 0 saturated heterocycles. The summed E-state index contributed by atoms with van der Waals surface area (Å²) in [6.07, 6.45) is -0.103. The quantitative estimate of drug-likeness (QED) is 0.540. The average Bonchev–Trinajstić information content (AvgIpc) is 3.05. The van der Waals surface area contributed by atoms with Gasteiger partial charge in [-0.15, -0.1) is 0 Å². The van der Waals surface area contributed by atoms with Crippen LogP contribution in [0.2, 0.25) is 0 Å². The molecule has 0 spiro atoms. The number of rotatable bonds is 4. The summed E-state index contributed by atoms with van der Waals surface area (Å²) in [5.74, 6) is 0.486. The topological polar surface area (TPSA) is 63.1 Å². The van der Waals surface area contributed by atoms with Gasteiger partial charge in [-0.3, -0.25) is 14.6 Å². The Hall–Kier alpha value is -2.36. The number of nitrogens with one attached hydrogen (secondary N) is 1. The number of carbonyl (C=O) groups is 1. The van der Waals surface area contributed by atoms with E-state index in [1.165, 1.54) is 17.0 Å². The minimum Gasteiger partial charge on any atom is -0.443 e. The van der Waals surface area contributed by atoms with Crippen LogP contribution in [0, 0.1) is 4.77 Å². The molecule has 1 aromatic carbocycles. The minimum atomic E-state index is -4.53. The number of aromatic nitrogens is 3. The number of hydrogen-bond donors (Lipinski definition) is 1. The molecular formula is C21H27F3N4O2S. The third kappa shape index (κ3) is 5.87. The van der Waals surface area contributed by atoms with Gasteiger partial charge in [-0.1, -0.05) is 25.3 Å². The second kappa shape index (κ2) is 9.02. The van der Waals surface area contributed by atoms with Gasteiger partial charge in [0.15, 0.2) is 10.6 Å². The van der Waals surface area contributed by atoms with Gasteiger partial charge in [0.1, 0.15) is 5.60 Å². The smallest absolute Gasteiger partial charge is 0.416 e. The highest BCUT2D eigenvalue weighted by Crippen LogP contribution is 2.33. The van der Waals surface area contributed by atoms with E-state index in [0.29, 0.717) is 10.6 Å². The van der Waals surface area contributed by atoms with Gasteiger partial charge in [0.05, 0.1) is 12.1 Å². The van der Waals surface area contributed by atoms with E-state index in [0.717, 1.165) is 44.2 Å². The van der Waals surface area contributed by atoms with Crippen molar-refractivity contribution in [3.63, 3.8) is 0 Å². The van der Waals surface area contributed by atoms with E-state index < -0.39 is 23.4 Å². The van der Waals surface area contributed by atoms with E-state index in [-0.39, 0.29) is 18.3 Å². The lowest BCUT2D eigenvalue weighted by Gasteiger charge is -2.29. The molecule has 0 radical (unpaired) electrons. The summed E-state index contributed by atoms with van der Waals surface area (Å²) in [6.45, 7) is 5.04. The Balaban J connectivity index is 1.99. The molecule has 1 heterocycles. The van der Waals surface area contributed by atoms with Gasteiger partial charge in [0.25, 0.3) is 0 Å². The van der Waals surface area contributed by atoms with Crippen LogP contribution < -0.4 is 4.90 Å². The van der Waals surface area contributed by atoms with Crippen molar-refractivity contribution in [3.05, 3.63) is 40.4 Å². The molecule has 1 amide bonds. The van der Waals surface area contributed by atoms with Crippen molar-refractivity contribution in [1.29, 1.82) is 0 Å². The molecule has 6 nitrogen and oxygen atoms in total. The predicted molar refractivity (Wildman–Crippen MR) is 113 cm³/mol. The van der Waals surface area contributed by atoms with E-state index in [1.807, 2.05) is 4.57 Å². The normalized spacial score (nSPS) is 15.7. The van der Waals surface area contributed by atoms with Crippen LogP contribution in [0.15, 0.2) is 24.3 Å². The maximum atomic E-state index is 13.3. The summed E-state index contributed by atoms with van der Waals surface area (Å²) in [5.41, 5.74) is -1.58. The minimum absolute atomic E-state index is 0.0696. The van der Waals surface area contributed by atoms with Gasteiger partial charge in [-0.25, -0.2) is 4.79 Å². The largest absolute Gasteiger partial charge is 0.443 e. The maximum absolute atomic E-state index is 13.3. The lowest BCUT2D eigenvalue weighted by atomic mass is 9.95. The SMILES string of the molecule is CC(C)(C)OC(=O)N(Cc1n[nH]c(=S)n1C1CCCCC1)c1cccc(C(F)(F)F)c1. The molecule has 170 valence electrons. The fourth-order valence-electron chi connectivity index (χ4n) is 3.73. The molecule has 0 unspecified atom stereocenters. The molecule has 1 fully saturated rings. The molecule has 0 atom stereocenters. The molecule has 0 aliphatic heterocycles. The van der Waals surface area contributed by atoms with E-state index >= 15 is 0 Å². The number of alkyl halides is 3. The number of amides is 1. The number of ether oxygens (including phenoxy) is 1. The zero-order chi connectivity index (χ0) is 22.8. The summed E-state index contributed by atoms with van der Waals surface area (Å²) in [5, 5.41) is 7.05. The van der Waals surface area contributed by atoms with Crippen LogP contribution in [0.4, 0.5) is 23.7 Å². The molecule has 1 aromatic heterocycles. The molecule has 1 N–H and O–H groups in total. The van der Waals surface area contributed by atoms with Gasteiger partial charge in [-0.2, -0.15) is 18.3 Å². The number of H-pyrrole nitrogens is 1. The zero-order valence-electron chi connectivity index (χ0n) is 17.8. The number of aromatic amines is 1. The Kier molecular flexibility index (Phi) is 6.78. The lowest BCUT2D eigenvalue weighted by Crippen LogP contribution is -2.37. The molecule has 3 rings (SSSR count). The van der Waals surface area contributed by atoms with Crippen molar-refractivity contribution in [3.8, 4) is 0 Å². The number of halogens is 3. The number of nitrogens with zero attached hydrogens (tertiary/aromatic N) is 3. The van der Waals surface area contributed by atoms with Gasteiger partial charge in [0, 0.05) is 11.7 Å². The standard InChI is InChI=1S/C21H27F3N4O2S/c1-20(2,3)30-19(29)27(16-11-7-8-14(12-16)21(22,23)24)13-17-25-26-18(31)28(17)15-9-5-4-6-10-15/h7-8,11-12,15H,4-6,9-10,13H2,1-3H3,(H,26,31). The maximum Gasteiger partial charge on any atom is 0.416 e. The first-order valence-electron chi connectivity index (χ1n) is 10.3. The van der Waals surface area contributed by atoms with Gasteiger partial charge < -0.3 is 4.74 Å². The first-order valence-corrected chi connectivity index (χ1v) is 10.7. The molecular weight excluding hydrogens is 429 g/mol. The van der Waals surface area contributed by atoms with Crippen LogP contribution in [-0.2, 0) is 17.5 Å². The summed E-state index contributed by atoms with van der Waals surface area (Å²) in [7, 11) is 0. The Morgan fingerprint density at radius 1 is 1.26 bits per heavy atom. The summed E-state index contributed by atoms with van der Waals surface area (Å²) in [4.78, 5) is 14.1. The zero-order valence-corrected chi connectivity index (χ0v) is 18.6. The second-order valence-corrected chi connectivity index (χ2v) is 9.11. The Bertz CT molecular complexity index is 972. The predicted octanol–water partition coefficient (Wildman–Crippen LogP) is 6.41. The van der Waals surface area contributed by atoms with Crippen molar-refractivity contribution in [1.82, 2.24) is 14.8 Å². The van der Waals surface area contributed by atoms with Crippen LogP contribution in [0.25, 0.3) is 0 Å². The molecule has 2 aromatic rings. The van der Waals surface area contributed by atoms with E-state index in [1.54, 1.807) is 20.8 Å².